The lowest BCUT2D eigenvalue weighted by Gasteiger charge is -2.01. The molecule has 0 spiro atoms. The lowest BCUT2D eigenvalue weighted by atomic mass is 10.3. The zero-order chi connectivity index (χ0) is 15.4. The molecule has 0 aliphatic heterocycles. The van der Waals surface area contributed by atoms with Crippen molar-refractivity contribution in [2.24, 2.45) is 0 Å². The number of hydrogen-bond donors (Lipinski definition) is 2. The number of amides is 1. The summed E-state index contributed by atoms with van der Waals surface area (Å²) in [5, 5.41) is 12.6. The van der Waals surface area contributed by atoms with Crippen molar-refractivity contribution in [3.05, 3.63) is 37.5 Å². The lowest BCUT2D eigenvalue weighted by Crippen LogP contribution is -2.22. The van der Waals surface area contributed by atoms with Crippen LogP contribution in [0.25, 0.3) is 0 Å². The highest BCUT2D eigenvalue weighted by Gasteiger charge is 2.15. The van der Waals surface area contributed by atoms with Crippen LogP contribution in [0.4, 0.5) is 0 Å². The average Bonchev–Trinajstić information content (AvgIpc) is 3.03. The van der Waals surface area contributed by atoms with Crippen LogP contribution in [-0.4, -0.2) is 22.0 Å². The van der Waals surface area contributed by atoms with Crippen LogP contribution in [0.15, 0.2) is 12.1 Å². The molecule has 0 unspecified atom stereocenters. The minimum Gasteiger partial charge on any atom is -0.477 e. The molecule has 7 heteroatoms. The topological polar surface area (TPSA) is 79.3 Å². The zero-order valence-corrected chi connectivity index (χ0v) is 13.4. The Bertz CT molecular complexity index is 661. The van der Waals surface area contributed by atoms with Gasteiger partial charge in [0, 0.05) is 4.88 Å². The first-order valence-corrected chi connectivity index (χ1v) is 8.21. The molecule has 2 aromatic heterocycles. The Labute approximate surface area is 130 Å². The number of aryl methyl sites for hydroxylation is 2. The Kier molecular flexibility index (Phi) is 5.08. The monoisotopic (exact) mass is 324 g/mol. The molecular weight excluding hydrogens is 308 g/mol. The second kappa shape index (κ2) is 6.82. The molecule has 0 bridgehead atoms. The summed E-state index contributed by atoms with van der Waals surface area (Å²) in [4.78, 5) is 29.1. The quantitative estimate of drug-likeness (QED) is 0.856. The first-order valence-electron chi connectivity index (χ1n) is 6.57. The van der Waals surface area contributed by atoms with E-state index in [2.05, 4.69) is 17.2 Å². The van der Waals surface area contributed by atoms with Crippen molar-refractivity contribution in [1.29, 1.82) is 0 Å². The second-order valence-electron chi connectivity index (χ2n) is 4.53. The normalized spacial score (nSPS) is 10.6. The van der Waals surface area contributed by atoms with Crippen LogP contribution >= 0.6 is 22.7 Å². The molecule has 0 radical (unpaired) electrons. The molecule has 2 rings (SSSR count). The van der Waals surface area contributed by atoms with E-state index >= 15 is 0 Å². The molecule has 0 atom stereocenters. The van der Waals surface area contributed by atoms with Gasteiger partial charge in [-0.1, -0.05) is 6.92 Å². The van der Waals surface area contributed by atoms with Crippen molar-refractivity contribution in [2.45, 2.75) is 33.2 Å². The highest BCUT2D eigenvalue weighted by Crippen LogP contribution is 2.20. The van der Waals surface area contributed by atoms with Crippen LogP contribution in [0.1, 0.15) is 48.3 Å². The van der Waals surface area contributed by atoms with Crippen molar-refractivity contribution in [1.82, 2.24) is 10.3 Å². The summed E-state index contributed by atoms with van der Waals surface area (Å²) >= 11 is 2.59. The van der Waals surface area contributed by atoms with Gasteiger partial charge in [-0.25, -0.2) is 9.78 Å². The Balaban J connectivity index is 1.99. The van der Waals surface area contributed by atoms with Gasteiger partial charge in [-0.2, -0.15) is 0 Å². The van der Waals surface area contributed by atoms with Crippen molar-refractivity contribution in [3.8, 4) is 0 Å². The Morgan fingerprint density at radius 3 is 2.71 bits per heavy atom. The summed E-state index contributed by atoms with van der Waals surface area (Å²) in [6.07, 6.45) is 1.88. The maximum atomic E-state index is 12.1. The third kappa shape index (κ3) is 3.89. The van der Waals surface area contributed by atoms with E-state index in [1.54, 1.807) is 12.1 Å². The van der Waals surface area contributed by atoms with Gasteiger partial charge in [-0.3, -0.25) is 4.79 Å². The first kappa shape index (κ1) is 15.7. The standard InChI is InChI=1S/C14H16N2O3S2/c1-3-4-11-16-8(2)12(21-11)13(17)15-7-9-5-6-10(20-9)14(18)19/h5-6H,3-4,7H2,1-2H3,(H,15,17)(H,18,19). The Morgan fingerprint density at radius 2 is 2.10 bits per heavy atom. The Hall–Kier alpha value is -1.73. The molecule has 2 heterocycles. The Morgan fingerprint density at radius 1 is 1.33 bits per heavy atom. The summed E-state index contributed by atoms with van der Waals surface area (Å²) < 4.78 is 0. The van der Waals surface area contributed by atoms with E-state index in [-0.39, 0.29) is 10.8 Å². The predicted molar refractivity (Wildman–Crippen MR) is 83.3 cm³/mol. The van der Waals surface area contributed by atoms with Crippen molar-refractivity contribution in [3.63, 3.8) is 0 Å². The minimum atomic E-state index is -0.944. The van der Waals surface area contributed by atoms with Crippen molar-refractivity contribution in [2.75, 3.05) is 0 Å². The van der Waals surface area contributed by atoms with Crippen LogP contribution in [0.3, 0.4) is 0 Å². The highest BCUT2D eigenvalue weighted by molar-refractivity contribution is 7.14. The number of carboxylic acid groups (broad SMARTS) is 1. The third-order valence-corrected chi connectivity index (χ3v) is 5.10. The molecule has 2 aromatic rings. The molecule has 5 nitrogen and oxygen atoms in total. The number of carboxylic acids is 1. The number of nitrogens with one attached hydrogen (secondary N) is 1. The van der Waals surface area contributed by atoms with E-state index in [1.807, 2.05) is 6.92 Å². The minimum absolute atomic E-state index is 0.155. The predicted octanol–water partition coefficient (Wildman–Crippen LogP) is 3.09. The fourth-order valence-corrected chi connectivity index (χ4v) is 3.69. The number of carbonyl (C=O) groups is 2. The fraction of sp³-hybridized carbons (Fsp3) is 0.357. The van der Waals surface area contributed by atoms with E-state index in [1.165, 1.54) is 22.7 Å². The molecule has 0 fully saturated rings. The highest BCUT2D eigenvalue weighted by atomic mass is 32.1. The van der Waals surface area contributed by atoms with Crippen LogP contribution < -0.4 is 5.32 Å². The third-order valence-electron chi connectivity index (χ3n) is 2.81. The van der Waals surface area contributed by atoms with Gasteiger partial charge in [0.1, 0.15) is 9.75 Å². The van der Waals surface area contributed by atoms with E-state index < -0.39 is 5.97 Å². The number of aromatic carboxylic acids is 1. The number of thiophene rings is 1. The van der Waals surface area contributed by atoms with Gasteiger partial charge in [0.25, 0.3) is 5.91 Å². The van der Waals surface area contributed by atoms with Crippen LogP contribution in [0.5, 0.6) is 0 Å². The van der Waals surface area contributed by atoms with Crippen LogP contribution in [0, 0.1) is 6.92 Å². The van der Waals surface area contributed by atoms with E-state index in [0.717, 1.165) is 28.4 Å². The molecule has 2 N–H and O–H groups in total. The second-order valence-corrected chi connectivity index (χ2v) is 6.78. The van der Waals surface area contributed by atoms with Gasteiger partial charge in [-0.15, -0.1) is 22.7 Å². The maximum absolute atomic E-state index is 12.1. The zero-order valence-electron chi connectivity index (χ0n) is 11.8. The molecule has 0 saturated carbocycles. The number of carbonyl (C=O) groups excluding carboxylic acids is 1. The van der Waals surface area contributed by atoms with Crippen molar-refractivity contribution < 1.29 is 14.7 Å². The van der Waals surface area contributed by atoms with E-state index in [4.69, 9.17) is 5.11 Å². The van der Waals surface area contributed by atoms with Gasteiger partial charge < -0.3 is 10.4 Å². The largest absolute Gasteiger partial charge is 0.477 e. The number of aromatic nitrogens is 1. The molecule has 0 aromatic carbocycles. The molecule has 112 valence electrons. The molecule has 1 amide bonds. The number of rotatable bonds is 6. The SMILES string of the molecule is CCCc1nc(C)c(C(=O)NCc2ccc(C(=O)O)s2)s1. The van der Waals surface area contributed by atoms with Gasteiger partial charge in [-0.05, 0) is 31.9 Å². The van der Waals surface area contributed by atoms with Gasteiger partial charge in [0.05, 0.1) is 17.2 Å². The van der Waals surface area contributed by atoms with Crippen molar-refractivity contribution >= 4 is 34.6 Å². The summed E-state index contributed by atoms with van der Waals surface area (Å²) in [6.45, 7) is 4.24. The summed E-state index contributed by atoms with van der Waals surface area (Å²) in [6, 6.07) is 3.27. The van der Waals surface area contributed by atoms with E-state index in [9.17, 15) is 9.59 Å². The smallest absolute Gasteiger partial charge is 0.345 e. The van der Waals surface area contributed by atoms with Gasteiger partial charge >= 0.3 is 5.97 Å². The number of hydrogen-bond acceptors (Lipinski definition) is 5. The van der Waals surface area contributed by atoms with Crippen LogP contribution in [-0.2, 0) is 13.0 Å². The van der Waals surface area contributed by atoms with Gasteiger partial charge in [0.15, 0.2) is 0 Å². The maximum Gasteiger partial charge on any atom is 0.345 e. The number of thiazole rings is 1. The fourth-order valence-electron chi connectivity index (χ4n) is 1.82. The molecule has 0 aliphatic carbocycles. The van der Waals surface area contributed by atoms with E-state index in [0.29, 0.717) is 11.4 Å². The average molecular weight is 324 g/mol. The molecule has 0 aliphatic rings. The molecule has 21 heavy (non-hydrogen) atoms. The van der Waals surface area contributed by atoms with Gasteiger partial charge in [0.2, 0.25) is 0 Å². The summed E-state index contributed by atoms with van der Waals surface area (Å²) in [7, 11) is 0. The number of nitrogens with zero attached hydrogens (tertiary/aromatic N) is 1. The molecule has 0 saturated heterocycles. The summed E-state index contributed by atoms with van der Waals surface area (Å²) in [5.41, 5.74) is 0.748. The first-order chi connectivity index (χ1) is 10.0. The lowest BCUT2D eigenvalue weighted by molar-refractivity contribution is 0.0702. The molecular formula is C14H16N2O3S2. The van der Waals surface area contributed by atoms with Crippen LogP contribution in [0.2, 0.25) is 0 Å². The summed E-state index contributed by atoms with van der Waals surface area (Å²) in [5.74, 6) is -1.10.